The van der Waals surface area contributed by atoms with Crippen LogP contribution in [0.2, 0.25) is 0 Å². The number of ether oxygens (including phenoxy) is 1. The van der Waals surface area contributed by atoms with Gasteiger partial charge >= 0.3 is 0 Å². The maximum atomic E-state index is 14.5. The van der Waals surface area contributed by atoms with Crippen molar-refractivity contribution in [3.05, 3.63) is 63.5 Å². The molecular formula is C27H33F2N5O3. The number of alkyl halides is 1. The SMILES string of the molecule is C#C.CC.COC1(c2cc3c(NCc4cccc(CF)c4F)ncnc3n(C)c2=O)CCN(C(C)=O)C1. The lowest BCUT2D eigenvalue weighted by Gasteiger charge is -2.28. The van der Waals surface area contributed by atoms with Crippen molar-refractivity contribution in [1.82, 2.24) is 19.4 Å². The minimum absolute atomic E-state index is 0.00942. The summed E-state index contributed by atoms with van der Waals surface area (Å²) in [5, 5.41) is 3.63. The molecule has 1 atom stereocenters. The fourth-order valence-electron chi connectivity index (χ4n) is 4.34. The number of carbonyl (C=O) groups excluding carboxylic acids is 1. The first-order valence-corrected chi connectivity index (χ1v) is 11.9. The molecule has 0 spiro atoms. The Kier molecular flexibility index (Phi) is 10.3. The van der Waals surface area contributed by atoms with Crippen LogP contribution in [0.4, 0.5) is 14.6 Å². The van der Waals surface area contributed by atoms with Crippen LogP contribution in [0.3, 0.4) is 0 Å². The van der Waals surface area contributed by atoms with Crippen LogP contribution in [0.25, 0.3) is 11.0 Å². The Morgan fingerprint density at radius 2 is 1.92 bits per heavy atom. The number of pyridine rings is 1. The Balaban J connectivity index is 0.00000115. The van der Waals surface area contributed by atoms with Crippen LogP contribution in [0.1, 0.15) is 43.9 Å². The second kappa shape index (κ2) is 12.9. The van der Waals surface area contributed by atoms with Gasteiger partial charge in [0.05, 0.1) is 17.5 Å². The highest BCUT2D eigenvalue weighted by Crippen LogP contribution is 2.35. The number of halogens is 2. The van der Waals surface area contributed by atoms with Gasteiger partial charge in [-0.2, -0.15) is 0 Å². The van der Waals surface area contributed by atoms with Crippen LogP contribution < -0.4 is 10.9 Å². The molecule has 10 heteroatoms. The van der Waals surface area contributed by atoms with Gasteiger partial charge < -0.3 is 15.0 Å². The zero-order valence-corrected chi connectivity index (χ0v) is 21.8. The lowest BCUT2D eigenvalue weighted by Crippen LogP contribution is -2.40. The molecule has 37 heavy (non-hydrogen) atoms. The number of nitrogens with one attached hydrogen (secondary N) is 1. The van der Waals surface area contributed by atoms with Gasteiger partial charge in [0, 0.05) is 51.7 Å². The number of hydrogen-bond acceptors (Lipinski definition) is 6. The molecule has 1 amide bonds. The van der Waals surface area contributed by atoms with Gasteiger partial charge in [-0.05, 0) is 6.07 Å². The number of terminal acetylenes is 1. The third kappa shape index (κ3) is 5.78. The summed E-state index contributed by atoms with van der Waals surface area (Å²) in [4.78, 5) is 35.3. The Morgan fingerprint density at radius 3 is 2.51 bits per heavy atom. The van der Waals surface area contributed by atoms with Crippen molar-refractivity contribution in [3.63, 3.8) is 0 Å². The summed E-state index contributed by atoms with van der Waals surface area (Å²) in [5.74, 6) is -0.295. The summed E-state index contributed by atoms with van der Waals surface area (Å²) in [6, 6.07) is 6.25. The van der Waals surface area contributed by atoms with Crippen LogP contribution in [0.5, 0.6) is 0 Å². The number of likely N-dealkylation sites (tertiary alicyclic amines) is 1. The van der Waals surface area contributed by atoms with E-state index in [1.165, 1.54) is 31.0 Å². The molecule has 4 rings (SSSR count). The Hall–Kier alpha value is -3.84. The number of hydrogen-bond donors (Lipinski definition) is 1. The zero-order chi connectivity index (χ0) is 27.8. The number of aromatic nitrogens is 3. The number of amides is 1. The van der Waals surface area contributed by atoms with E-state index in [-0.39, 0.29) is 30.1 Å². The highest BCUT2D eigenvalue weighted by atomic mass is 19.1. The molecule has 1 saturated heterocycles. The first kappa shape index (κ1) is 29.4. The van der Waals surface area contributed by atoms with Crippen LogP contribution in [0, 0.1) is 18.7 Å². The highest BCUT2D eigenvalue weighted by molar-refractivity contribution is 5.87. The van der Waals surface area contributed by atoms with Gasteiger partial charge in [-0.1, -0.05) is 32.0 Å². The van der Waals surface area contributed by atoms with E-state index in [1.807, 2.05) is 13.8 Å². The average molecular weight is 514 g/mol. The van der Waals surface area contributed by atoms with Crippen LogP contribution in [0.15, 0.2) is 35.4 Å². The van der Waals surface area contributed by atoms with E-state index in [0.29, 0.717) is 40.9 Å². The van der Waals surface area contributed by atoms with Gasteiger partial charge in [-0.25, -0.2) is 18.7 Å². The zero-order valence-electron chi connectivity index (χ0n) is 21.8. The first-order valence-electron chi connectivity index (χ1n) is 11.9. The second-order valence-corrected chi connectivity index (χ2v) is 8.15. The minimum Gasteiger partial charge on any atom is -0.371 e. The summed E-state index contributed by atoms with van der Waals surface area (Å²) in [7, 11) is 3.13. The second-order valence-electron chi connectivity index (χ2n) is 8.15. The quantitative estimate of drug-likeness (QED) is 0.503. The smallest absolute Gasteiger partial charge is 0.258 e. The molecule has 198 valence electrons. The third-order valence-corrected chi connectivity index (χ3v) is 6.31. The standard InChI is InChI=1S/C23H25F2N5O3.C2H6.C2H2/c1-14(31)30-8-7-23(12-30,33-3)18-9-17-20(27-13-28-21(17)29(2)22(18)32)26-11-16-6-4-5-15(10-24)19(16)25;2*1-2/h4-6,9,13H,7-8,10-12H2,1-3H3,(H,26,27,28);1-2H3;1-2H. The number of benzene rings is 1. The summed E-state index contributed by atoms with van der Waals surface area (Å²) < 4.78 is 34.7. The number of aryl methyl sites for hydroxylation is 1. The van der Waals surface area contributed by atoms with Crippen LogP contribution in [-0.4, -0.2) is 45.5 Å². The van der Waals surface area contributed by atoms with Gasteiger partial charge in [0.25, 0.3) is 5.56 Å². The fourth-order valence-corrected chi connectivity index (χ4v) is 4.34. The fraction of sp³-hybridized carbons (Fsp3) is 0.407. The van der Waals surface area contributed by atoms with Gasteiger partial charge in [0.15, 0.2) is 0 Å². The molecule has 0 bridgehead atoms. The lowest BCUT2D eigenvalue weighted by molar-refractivity contribution is -0.129. The number of carbonyl (C=O) groups is 1. The topological polar surface area (TPSA) is 89.3 Å². The molecule has 1 aliphatic heterocycles. The third-order valence-electron chi connectivity index (χ3n) is 6.31. The van der Waals surface area contributed by atoms with Crippen LogP contribution >= 0.6 is 0 Å². The monoisotopic (exact) mass is 513 g/mol. The Bertz CT molecular complexity index is 1320. The van der Waals surface area contributed by atoms with Crippen molar-refractivity contribution >= 4 is 22.8 Å². The highest BCUT2D eigenvalue weighted by Gasteiger charge is 2.43. The normalized spacial score (nSPS) is 16.4. The molecule has 1 N–H and O–H groups in total. The average Bonchev–Trinajstić information content (AvgIpc) is 3.38. The van der Waals surface area contributed by atoms with Crippen molar-refractivity contribution in [3.8, 4) is 12.8 Å². The van der Waals surface area contributed by atoms with Crippen LogP contribution in [-0.2, 0) is 35.4 Å². The molecule has 0 radical (unpaired) electrons. The van der Waals surface area contributed by atoms with Crippen molar-refractivity contribution in [1.29, 1.82) is 0 Å². The maximum Gasteiger partial charge on any atom is 0.258 e. The van der Waals surface area contributed by atoms with Gasteiger partial charge in [0.1, 0.15) is 35.9 Å². The van der Waals surface area contributed by atoms with Crippen molar-refractivity contribution in [2.45, 2.75) is 46.0 Å². The van der Waals surface area contributed by atoms with E-state index in [1.54, 1.807) is 30.1 Å². The van der Waals surface area contributed by atoms with Gasteiger partial charge in [0.2, 0.25) is 5.91 Å². The van der Waals surface area contributed by atoms with E-state index in [4.69, 9.17) is 4.74 Å². The van der Waals surface area contributed by atoms with E-state index < -0.39 is 18.1 Å². The molecule has 1 aromatic carbocycles. The molecular weight excluding hydrogens is 480 g/mol. The first-order chi connectivity index (χ1) is 17.8. The minimum atomic E-state index is -0.955. The molecule has 3 aromatic rings. The van der Waals surface area contributed by atoms with Gasteiger partial charge in [-0.3, -0.25) is 14.2 Å². The van der Waals surface area contributed by atoms with Crippen molar-refractivity contribution in [2.24, 2.45) is 7.05 Å². The van der Waals surface area contributed by atoms with E-state index in [0.717, 1.165) is 0 Å². The maximum absolute atomic E-state index is 14.5. The molecule has 0 saturated carbocycles. The summed E-state index contributed by atoms with van der Waals surface area (Å²) >= 11 is 0. The van der Waals surface area contributed by atoms with E-state index >= 15 is 0 Å². The number of anilines is 1. The Morgan fingerprint density at radius 1 is 1.24 bits per heavy atom. The number of fused-ring (bicyclic) bond motifs is 1. The van der Waals surface area contributed by atoms with Crippen molar-refractivity contribution in [2.75, 3.05) is 25.5 Å². The Labute approximate surface area is 215 Å². The summed E-state index contributed by atoms with van der Waals surface area (Å²) in [6.45, 7) is 5.40. The molecule has 1 fully saturated rings. The van der Waals surface area contributed by atoms with E-state index in [9.17, 15) is 18.4 Å². The predicted molar refractivity (Wildman–Crippen MR) is 140 cm³/mol. The number of methoxy groups -OCH3 is 1. The predicted octanol–water partition coefficient (Wildman–Crippen LogP) is 3.92. The van der Waals surface area contributed by atoms with Crippen molar-refractivity contribution < 1.29 is 18.3 Å². The lowest BCUT2D eigenvalue weighted by atomic mass is 9.93. The molecule has 1 aliphatic rings. The van der Waals surface area contributed by atoms with Gasteiger partial charge in [-0.15, -0.1) is 12.8 Å². The molecule has 3 heterocycles. The molecule has 1 unspecified atom stereocenters. The molecule has 0 aliphatic carbocycles. The summed E-state index contributed by atoms with van der Waals surface area (Å²) in [6.07, 6.45) is 9.79. The molecule has 2 aromatic heterocycles. The molecule has 8 nitrogen and oxygen atoms in total. The number of nitrogens with zero attached hydrogens (tertiary/aromatic N) is 4. The summed E-state index contributed by atoms with van der Waals surface area (Å²) in [5.41, 5.74) is -0.156. The number of rotatable bonds is 6. The largest absolute Gasteiger partial charge is 0.371 e. The van der Waals surface area contributed by atoms with E-state index in [2.05, 4.69) is 28.1 Å².